The lowest BCUT2D eigenvalue weighted by molar-refractivity contribution is -0.123. The van der Waals surface area contributed by atoms with E-state index in [1.807, 2.05) is 42.5 Å². The zero-order chi connectivity index (χ0) is 20.2. The van der Waals surface area contributed by atoms with Crippen molar-refractivity contribution in [3.63, 3.8) is 0 Å². The topological polar surface area (TPSA) is 43.9 Å². The average molecular weight is 392 g/mol. The van der Waals surface area contributed by atoms with Crippen molar-refractivity contribution in [1.29, 1.82) is 0 Å². The van der Waals surface area contributed by atoms with E-state index >= 15 is 0 Å². The molecule has 0 aromatic heterocycles. The maximum absolute atomic E-state index is 13.1. The number of amides is 2. The van der Waals surface area contributed by atoms with Crippen LogP contribution in [0.5, 0.6) is 0 Å². The highest BCUT2D eigenvalue weighted by molar-refractivity contribution is 6.22. The first kappa shape index (κ1) is 19.6. The fraction of sp³-hybridized carbons (Fsp3) is 0.417. The predicted octanol–water partition coefficient (Wildman–Crippen LogP) is 3.48. The van der Waals surface area contributed by atoms with Gasteiger partial charge in [-0.2, -0.15) is 0 Å². The van der Waals surface area contributed by atoms with Crippen molar-refractivity contribution in [3.8, 4) is 0 Å². The maximum atomic E-state index is 13.1. The van der Waals surface area contributed by atoms with Gasteiger partial charge in [0.25, 0.3) is 5.91 Å². The molecule has 0 aliphatic carbocycles. The molecule has 4 rings (SSSR count). The van der Waals surface area contributed by atoms with Gasteiger partial charge < -0.3 is 4.90 Å². The van der Waals surface area contributed by atoms with Crippen molar-refractivity contribution in [1.82, 2.24) is 4.90 Å². The largest absolute Gasteiger partial charge is 0.369 e. The fourth-order valence-corrected chi connectivity index (χ4v) is 4.30. The van der Waals surface area contributed by atoms with Crippen LogP contribution in [0.1, 0.15) is 31.7 Å². The summed E-state index contributed by atoms with van der Waals surface area (Å²) in [4.78, 5) is 31.6. The Labute approximate surface area is 172 Å². The van der Waals surface area contributed by atoms with E-state index in [-0.39, 0.29) is 24.3 Å². The minimum Gasteiger partial charge on any atom is -0.369 e. The van der Waals surface area contributed by atoms with E-state index in [0.717, 1.165) is 45.4 Å². The second-order valence-corrected chi connectivity index (χ2v) is 7.92. The predicted molar refractivity (Wildman–Crippen MR) is 116 cm³/mol. The second kappa shape index (κ2) is 8.78. The molecule has 0 unspecified atom stereocenters. The van der Waals surface area contributed by atoms with Gasteiger partial charge in [0.2, 0.25) is 5.91 Å². The normalized spacial score (nSPS) is 20.5. The van der Waals surface area contributed by atoms with Crippen LogP contribution in [0.4, 0.5) is 11.4 Å². The van der Waals surface area contributed by atoms with Crippen molar-refractivity contribution in [2.24, 2.45) is 0 Å². The first-order valence-electron chi connectivity index (χ1n) is 10.7. The Morgan fingerprint density at radius 1 is 0.862 bits per heavy atom. The second-order valence-electron chi connectivity index (χ2n) is 7.92. The van der Waals surface area contributed by atoms with E-state index in [9.17, 15) is 9.59 Å². The molecule has 2 heterocycles. The van der Waals surface area contributed by atoms with E-state index in [4.69, 9.17) is 0 Å². The summed E-state index contributed by atoms with van der Waals surface area (Å²) in [5, 5.41) is 0. The molecule has 152 valence electrons. The van der Waals surface area contributed by atoms with Crippen LogP contribution < -0.4 is 9.80 Å². The Morgan fingerprint density at radius 3 is 2.21 bits per heavy atom. The lowest BCUT2D eigenvalue weighted by Gasteiger charge is -2.38. The number of carbonyl (C=O) groups excluding carboxylic acids is 2. The van der Waals surface area contributed by atoms with E-state index in [1.165, 1.54) is 16.2 Å². The number of benzene rings is 2. The van der Waals surface area contributed by atoms with Gasteiger partial charge in [-0.25, -0.2) is 4.90 Å². The van der Waals surface area contributed by atoms with Crippen molar-refractivity contribution in [2.75, 3.05) is 36.0 Å². The number of aryl methyl sites for hydroxylation is 1. The molecule has 5 nitrogen and oxygen atoms in total. The van der Waals surface area contributed by atoms with Crippen molar-refractivity contribution >= 4 is 23.2 Å². The highest BCUT2D eigenvalue weighted by atomic mass is 16.2. The molecule has 2 aromatic carbocycles. The highest BCUT2D eigenvalue weighted by Crippen LogP contribution is 2.27. The molecule has 0 radical (unpaired) electrons. The fourth-order valence-electron chi connectivity index (χ4n) is 4.30. The number of anilines is 2. The first-order valence-corrected chi connectivity index (χ1v) is 10.7. The van der Waals surface area contributed by atoms with Crippen LogP contribution in [0.25, 0.3) is 0 Å². The lowest BCUT2D eigenvalue weighted by atomic mass is 10.1. The van der Waals surface area contributed by atoms with Gasteiger partial charge >= 0.3 is 0 Å². The number of hydrogen-bond donors (Lipinski definition) is 0. The van der Waals surface area contributed by atoms with Crippen LogP contribution >= 0.6 is 0 Å². The molecule has 0 bridgehead atoms. The van der Waals surface area contributed by atoms with Gasteiger partial charge in [-0.15, -0.1) is 0 Å². The minimum absolute atomic E-state index is 0.0792. The van der Waals surface area contributed by atoms with Gasteiger partial charge in [-0.05, 0) is 42.7 Å². The van der Waals surface area contributed by atoms with Crippen molar-refractivity contribution < 1.29 is 9.59 Å². The number of para-hydroxylation sites is 1. The zero-order valence-corrected chi connectivity index (χ0v) is 17.1. The van der Waals surface area contributed by atoms with Crippen LogP contribution in [0, 0.1) is 0 Å². The lowest BCUT2D eigenvalue weighted by Crippen LogP contribution is -2.52. The smallest absolute Gasteiger partial charge is 0.251 e. The van der Waals surface area contributed by atoms with Gasteiger partial charge in [-0.1, -0.05) is 43.7 Å². The third-order valence-electron chi connectivity index (χ3n) is 6.01. The van der Waals surface area contributed by atoms with E-state index in [1.54, 1.807) is 0 Å². The van der Waals surface area contributed by atoms with Gasteiger partial charge in [0, 0.05) is 31.9 Å². The average Bonchev–Trinajstić information content (AvgIpc) is 3.07. The van der Waals surface area contributed by atoms with Crippen molar-refractivity contribution in [3.05, 3.63) is 60.2 Å². The van der Waals surface area contributed by atoms with E-state index < -0.39 is 0 Å². The number of rotatable bonds is 6. The first-order chi connectivity index (χ1) is 14.2. The van der Waals surface area contributed by atoms with Gasteiger partial charge in [0.05, 0.1) is 18.2 Å². The Hall–Kier alpha value is -2.66. The molecule has 29 heavy (non-hydrogen) atoms. The minimum atomic E-state index is -0.333. The van der Waals surface area contributed by atoms with E-state index in [0.29, 0.717) is 5.69 Å². The summed E-state index contributed by atoms with van der Waals surface area (Å²) in [6, 6.07) is 17.9. The Bertz CT molecular complexity index is 842. The number of hydrogen-bond acceptors (Lipinski definition) is 4. The number of piperazine rings is 1. The molecule has 0 N–H and O–H groups in total. The molecule has 2 aliphatic rings. The summed E-state index contributed by atoms with van der Waals surface area (Å²) in [6.07, 6.45) is 3.62. The monoisotopic (exact) mass is 391 g/mol. The van der Waals surface area contributed by atoms with Crippen LogP contribution in [0.15, 0.2) is 54.6 Å². The third kappa shape index (κ3) is 4.20. The third-order valence-corrected chi connectivity index (χ3v) is 6.01. The highest BCUT2D eigenvalue weighted by Gasteiger charge is 2.43. The quantitative estimate of drug-likeness (QED) is 0.707. The standard InChI is InChI=1S/C24H29N3O2/c1-2-3-7-19-10-12-21(13-11-19)27-23(28)18-22(24(27)29)26-16-14-25(15-17-26)20-8-5-4-6-9-20/h4-6,8-13,22H,2-3,7,14-18H2,1H3/t22-/m0/s1. The molecule has 2 fully saturated rings. The molecule has 1 atom stereocenters. The number of unbranched alkanes of at least 4 members (excludes halogenated alkanes) is 1. The maximum Gasteiger partial charge on any atom is 0.251 e. The molecule has 2 amide bonds. The summed E-state index contributed by atoms with van der Waals surface area (Å²) in [5.41, 5.74) is 3.17. The van der Waals surface area contributed by atoms with Gasteiger partial charge in [0.15, 0.2) is 0 Å². The van der Waals surface area contributed by atoms with Crippen LogP contribution in [0.3, 0.4) is 0 Å². The number of nitrogens with zero attached hydrogens (tertiary/aromatic N) is 3. The van der Waals surface area contributed by atoms with E-state index in [2.05, 4.69) is 28.9 Å². The number of imide groups is 1. The van der Waals surface area contributed by atoms with Crippen LogP contribution in [0.2, 0.25) is 0 Å². The Kier molecular flexibility index (Phi) is 5.95. The molecule has 0 saturated carbocycles. The summed E-state index contributed by atoms with van der Waals surface area (Å²) >= 11 is 0. The molecule has 2 saturated heterocycles. The summed E-state index contributed by atoms with van der Waals surface area (Å²) in [6.45, 7) is 5.50. The molecule has 0 spiro atoms. The van der Waals surface area contributed by atoms with Crippen molar-refractivity contribution in [2.45, 2.75) is 38.6 Å². The van der Waals surface area contributed by atoms with Crippen LogP contribution in [-0.2, 0) is 16.0 Å². The molecular formula is C24H29N3O2. The number of carbonyl (C=O) groups is 2. The summed E-state index contributed by atoms with van der Waals surface area (Å²) < 4.78 is 0. The van der Waals surface area contributed by atoms with Crippen LogP contribution in [-0.4, -0.2) is 48.9 Å². The summed E-state index contributed by atoms with van der Waals surface area (Å²) in [7, 11) is 0. The Morgan fingerprint density at radius 2 is 1.55 bits per heavy atom. The summed E-state index contributed by atoms with van der Waals surface area (Å²) in [5.74, 6) is -0.170. The molecule has 2 aromatic rings. The SMILES string of the molecule is CCCCc1ccc(N2C(=O)C[C@H](N3CCN(c4ccccc4)CC3)C2=O)cc1. The van der Waals surface area contributed by atoms with Gasteiger partial charge in [0.1, 0.15) is 0 Å². The zero-order valence-electron chi connectivity index (χ0n) is 17.1. The molecule has 2 aliphatic heterocycles. The Balaban J connectivity index is 1.39. The molecule has 5 heteroatoms. The van der Waals surface area contributed by atoms with Gasteiger partial charge in [-0.3, -0.25) is 14.5 Å². The molecular weight excluding hydrogens is 362 g/mol.